The fraction of sp³-hybridized carbons (Fsp3) is 0.562. The minimum absolute atomic E-state index is 0.0545. The van der Waals surface area contributed by atoms with E-state index in [9.17, 15) is 9.90 Å². The summed E-state index contributed by atoms with van der Waals surface area (Å²) in [5, 5.41) is 15.5. The molecular formula is C16H26N2O3. The van der Waals surface area contributed by atoms with Crippen LogP contribution in [0.2, 0.25) is 0 Å². The summed E-state index contributed by atoms with van der Waals surface area (Å²) in [6, 6.07) is 9.80. The van der Waals surface area contributed by atoms with Crippen LogP contribution in [0.3, 0.4) is 0 Å². The van der Waals surface area contributed by atoms with E-state index in [2.05, 4.69) is 10.6 Å². The van der Waals surface area contributed by atoms with Crippen molar-refractivity contribution in [2.45, 2.75) is 26.6 Å². The molecule has 1 rings (SSSR count). The number of hydrogen-bond acceptors (Lipinski definition) is 4. The largest absolute Gasteiger partial charge is 0.389 e. The molecule has 118 valence electrons. The number of aliphatic hydroxyl groups is 1. The van der Waals surface area contributed by atoms with Gasteiger partial charge in [-0.15, -0.1) is 0 Å². The van der Waals surface area contributed by atoms with Crippen LogP contribution in [0, 0.1) is 5.92 Å². The highest BCUT2D eigenvalue weighted by Gasteiger charge is 2.06. The third-order valence-corrected chi connectivity index (χ3v) is 2.79. The maximum Gasteiger partial charge on any atom is 0.233 e. The standard InChI is InChI=1S/C16H26N2O3/c1-13(2)8-18-16(20)10-17-9-15(19)12-21-11-14-6-4-3-5-7-14/h3-7,13,15,17,19H,8-12H2,1-2H3,(H,18,20). The molecule has 5 heteroatoms. The number of carbonyl (C=O) groups excluding carboxylic acids is 1. The maximum atomic E-state index is 11.4. The normalized spacial score (nSPS) is 12.4. The summed E-state index contributed by atoms with van der Waals surface area (Å²) >= 11 is 0. The Morgan fingerprint density at radius 3 is 2.62 bits per heavy atom. The van der Waals surface area contributed by atoms with E-state index in [1.165, 1.54) is 0 Å². The summed E-state index contributed by atoms with van der Waals surface area (Å²) in [6.07, 6.45) is -0.619. The fourth-order valence-corrected chi connectivity index (χ4v) is 1.68. The average Bonchev–Trinajstić information content (AvgIpc) is 2.46. The number of carbonyl (C=O) groups is 1. The Morgan fingerprint density at radius 1 is 1.24 bits per heavy atom. The van der Waals surface area contributed by atoms with Gasteiger partial charge in [0.2, 0.25) is 5.91 Å². The van der Waals surface area contributed by atoms with E-state index in [0.717, 1.165) is 5.56 Å². The molecule has 1 atom stereocenters. The molecule has 0 aliphatic heterocycles. The van der Waals surface area contributed by atoms with E-state index in [1.54, 1.807) is 0 Å². The van der Waals surface area contributed by atoms with Gasteiger partial charge in [-0.3, -0.25) is 4.79 Å². The van der Waals surface area contributed by atoms with Gasteiger partial charge in [0.1, 0.15) is 0 Å². The molecule has 0 heterocycles. The molecule has 0 aromatic heterocycles. The van der Waals surface area contributed by atoms with Crippen molar-refractivity contribution in [2.75, 3.05) is 26.2 Å². The van der Waals surface area contributed by atoms with Gasteiger partial charge < -0.3 is 20.5 Å². The first kappa shape index (κ1) is 17.6. The molecule has 1 aromatic rings. The van der Waals surface area contributed by atoms with Crippen molar-refractivity contribution in [1.29, 1.82) is 0 Å². The summed E-state index contributed by atoms with van der Waals surface area (Å²) in [4.78, 5) is 11.4. The number of benzene rings is 1. The van der Waals surface area contributed by atoms with Crippen LogP contribution < -0.4 is 10.6 Å². The quantitative estimate of drug-likeness (QED) is 0.600. The van der Waals surface area contributed by atoms with Crippen molar-refractivity contribution in [3.63, 3.8) is 0 Å². The number of ether oxygens (including phenoxy) is 1. The molecule has 0 fully saturated rings. The first-order valence-electron chi connectivity index (χ1n) is 7.35. The summed E-state index contributed by atoms with van der Waals surface area (Å²) in [6.45, 7) is 6.03. The van der Waals surface area contributed by atoms with E-state index in [0.29, 0.717) is 25.6 Å². The zero-order valence-corrected chi connectivity index (χ0v) is 12.8. The van der Waals surface area contributed by atoms with E-state index < -0.39 is 6.10 Å². The van der Waals surface area contributed by atoms with Gasteiger partial charge in [0.15, 0.2) is 0 Å². The maximum absolute atomic E-state index is 11.4. The van der Waals surface area contributed by atoms with Crippen molar-refractivity contribution in [1.82, 2.24) is 10.6 Å². The minimum atomic E-state index is -0.619. The van der Waals surface area contributed by atoms with Gasteiger partial charge in [-0.25, -0.2) is 0 Å². The molecule has 21 heavy (non-hydrogen) atoms. The van der Waals surface area contributed by atoms with Crippen molar-refractivity contribution in [3.8, 4) is 0 Å². The second-order valence-corrected chi connectivity index (χ2v) is 5.48. The molecule has 0 saturated heterocycles. The average molecular weight is 294 g/mol. The Bertz CT molecular complexity index is 396. The summed E-state index contributed by atoms with van der Waals surface area (Å²) in [7, 11) is 0. The predicted molar refractivity (Wildman–Crippen MR) is 82.8 cm³/mol. The van der Waals surface area contributed by atoms with Crippen molar-refractivity contribution < 1.29 is 14.6 Å². The highest BCUT2D eigenvalue weighted by Crippen LogP contribution is 2.00. The fourth-order valence-electron chi connectivity index (χ4n) is 1.68. The minimum Gasteiger partial charge on any atom is -0.389 e. The Balaban J connectivity index is 2.03. The molecule has 0 aliphatic rings. The lowest BCUT2D eigenvalue weighted by molar-refractivity contribution is -0.120. The molecule has 3 N–H and O–H groups in total. The van der Waals surface area contributed by atoms with Gasteiger partial charge in [0.05, 0.1) is 25.9 Å². The number of hydrogen-bond donors (Lipinski definition) is 3. The number of nitrogens with one attached hydrogen (secondary N) is 2. The third-order valence-electron chi connectivity index (χ3n) is 2.79. The van der Waals surface area contributed by atoms with Gasteiger partial charge in [0.25, 0.3) is 0 Å². The third kappa shape index (κ3) is 9.18. The van der Waals surface area contributed by atoms with Crippen LogP contribution in [-0.4, -0.2) is 43.4 Å². The van der Waals surface area contributed by atoms with Gasteiger partial charge in [-0.1, -0.05) is 44.2 Å². The van der Waals surface area contributed by atoms with Crippen LogP contribution in [0.1, 0.15) is 19.4 Å². The molecule has 0 radical (unpaired) electrons. The zero-order chi connectivity index (χ0) is 15.5. The van der Waals surface area contributed by atoms with Crippen LogP contribution in [0.15, 0.2) is 30.3 Å². The molecule has 1 aromatic carbocycles. The Hall–Kier alpha value is -1.43. The van der Waals surface area contributed by atoms with Gasteiger partial charge in [-0.2, -0.15) is 0 Å². The van der Waals surface area contributed by atoms with E-state index >= 15 is 0 Å². The monoisotopic (exact) mass is 294 g/mol. The van der Waals surface area contributed by atoms with Crippen LogP contribution in [0.5, 0.6) is 0 Å². The molecule has 0 aliphatic carbocycles. The van der Waals surface area contributed by atoms with Crippen LogP contribution >= 0.6 is 0 Å². The topological polar surface area (TPSA) is 70.6 Å². The molecule has 0 spiro atoms. The highest BCUT2D eigenvalue weighted by molar-refractivity contribution is 5.77. The second-order valence-electron chi connectivity index (χ2n) is 5.48. The Kier molecular flexibility index (Phi) is 8.66. The smallest absolute Gasteiger partial charge is 0.233 e. The van der Waals surface area contributed by atoms with Crippen molar-refractivity contribution in [2.24, 2.45) is 5.92 Å². The summed E-state index contributed by atoms with van der Waals surface area (Å²) in [5.41, 5.74) is 1.07. The van der Waals surface area contributed by atoms with E-state index in [1.807, 2.05) is 44.2 Å². The van der Waals surface area contributed by atoms with Crippen LogP contribution in [0.25, 0.3) is 0 Å². The highest BCUT2D eigenvalue weighted by atomic mass is 16.5. The number of aliphatic hydroxyl groups excluding tert-OH is 1. The Labute approximate surface area is 126 Å². The van der Waals surface area contributed by atoms with Crippen LogP contribution in [0.4, 0.5) is 0 Å². The lowest BCUT2D eigenvalue weighted by atomic mass is 10.2. The first-order chi connectivity index (χ1) is 10.1. The molecule has 0 bridgehead atoms. The zero-order valence-electron chi connectivity index (χ0n) is 12.8. The molecule has 1 unspecified atom stereocenters. The number of amides is 1. The van der Waals surface area contributed by atoms with E-state index in [-0.39, 0.29) is 19.1 Å². The second kappa shape index (κ2) is 10.3. The lowest BCUT2D eigenvalue weighted by Crippen LogP contribution is -2.39. The molecule has 0 saturated carbocycles. The van der Waals surface area contributed by atoms with Gasteiger partial charge in [-0.05, 0) is 11.5 Å². The number of rotatable bonds is 10. The summed E-state index contributed by atoms with van der Waals surface area (Å²) in [5.74, 6) is 0.382. The lowest BCUT2D eigenvalue weighted by Gasteiger charge is -2.13. The SMILES string of the molecule is CC(C)CNC(=O)CNCC(O)COCc1ccccc1. The molecule has 1 amide bonds. The van der Waals surface area contributed by atoms with Crippen molar-refractivity contribution in [3.05, 3.63) is 35.9 Å². The molecule has 5 nitrogen and oxygen atoms in total. The predicted octanol–water partition coefficient (Wildman–Crippen LogP) is 0.926. The van der Waals surface area contributed by atoms with Gasteiger partial charge in [0, 0.05) is 13.1 Å². The van der Waals surface area contributed by atoms with Gasteiger partial charge >= 0.3 is 0 Å². The Morgan fingerprint density at radius 2 is 1.95 bits per heavy atom. The van der Waals surface area contributed by atoms with Crippen molar-refractivity contribution >= 4 is 5.91 Å². The molecular weight excluding hydrogens is 268 g/mol. The van der Waals surface area contributed by atoms with Crippen LogP contribution in [-0.2, 0) is 16.1 Å². The first-order valence-corrected chi connectivity index (χ1v) is 7.35. The van der Waals surface area contributed by atoms with E-state index in [4.69, 9.17) is 4.74 Å². The summed E-state index contributed by atoms with van der Waals surface area (Å²) < 4.78 is 5.43.